The zero-order chi connectivity index (χ0) is 21.3. The Balaban J connectivity index is 1.53. The largest absolute Gasteiger partial charge is 0.351 e. The highest BCUT2D eigenvalue weighted by Crippen LogP contribution is 2.20. The van der Waals surface area contributed by atoms with Gasteiger partial charge in [0.1, 0.15) is 12.4 Å². The normalized spacial score (nSPS) is 15.4. The molecule has 158 valence electrons. The van der Waals surface area contributed by atoms with Crippen LogP contribution in [0.3, 0.4) is 0 Å². The van der Waals surface area contributed by atoms with Crippen LogP contribution in [0.2, 0.25) is 5.02 Å². The van der Waals surface area contributed by atoms with E-state index in [2.05, 4.69) is 25.6 Å². The first kappa shape index (κ1) is 20.3. The van der Waals surface area contributed by atoms with E-state index >= 15 is 0 Å². The molecule has 30 heavy (non-hydrogen) atoms. The average molecular weight is 434 g/mol. The first-order chi connectivity index (χ1) is 14.4. The van der Waals surface area contributed by atoms with Gasteiger partial charge in [-0.1, -0.05) is 17.7 Å². The topological polar surface area (TPSA) is 96.6 Å². The molecule has 1 aromatic carbocycles. The van der Waals surface area contributed by atoms with Crippen molar-refractivity contribution in [2.24, 2.45) is 0 Å². The second-order valence-electron chi connectivity index (χ2n) is 7.08. The minimum absolute atomic E-state index is 0.0161. The number of carbonyl (C=O) groups excluding carboxylic acids is 1. The van der Waals surface area contributed by atoms with Crippen molar-refractivity contribution in [2.75, 3.05) is 31.1 Å². The molecule has 1 fully saturated rings. The maximum Gasteiger partial charge on any atom is 0.350 e. The molecule has 0 spiro atoms. The smallest absolute Gasteiger partial charge is 0.350 e. The quantitative estimate of drug-likeness (QED) is 0.622. The summed E-state index contributed by atoms with van der Waals surface area (Å²) in [5, 5.41) is 10.4. The second-order valence-corrected chi connectivity index (χ2v) is 7.49. The molecule has 0 saturated carbocycles. The lowest BCUT2D eigenvalue weighted by Crippen LogP contribution is -2.44. The fourth-order valence-electron chi connectivity index (χ4n) is 3.43. The number of aromatic nitrogens is 4. The predicted molar refractivity (Wildman–Crippen MR) is 110 cm³/mol. The minimum Gasteiger partial charge on any atom is -0.351 e. The Bertz CT molecular complexity index is 1140. The van der Waals surface area contributed by atoms with Gasteiger partial charge in [-0.2, -0.15) is 0 Å². The highest BCUT2D eigenvalue weighted by atomic mass is 35.5. The summed E-state index contributed by atoms with van der Waals surface area (Å²) in [6.07, 6.45) is 3.08. The summed E-state index contributed by atoms with van der Waals surface area (Å²) < 4.78 is 16.2. The summed E-state index contributed by atoms with van der Waals surface area (Å²) in [7, 11) is 0. The Morgan fingerprint density at radius 3 is 2.87 bits per heavy atom. The van der Waals surface area contributed by atoms with Gasteiger partial charge in [0, 0.05) is 38.6 Å². The van der Waals surface area contributed by atoms with Gasteiger partial charge in [-0.25, -0.2) is 23.3 Å². The average Bonchev–Trinajstić information content (AvgIpc) is 3.06. The van der Waals surface area contributed by atoms with Crippen LogP contribution in [0.15, 0.2) is 35.4 Å². The van der Waals surface area contributed by atoms with E-state index in [4.69, 9.17) is 11.6 Å². The SMILES string of the molecule is C[C@H](NC(=O)Cn1nc2c(N3CCNCC3)nccn2c1=O)c1ccc(Cl)c(F)c1. The monoisotopic (exact) mass is 433 g/mol. The predicted octanol–water partition coefficient (Wildman–Crippen LogP) is 0.970. The number of amides is 1. The number of rotatable bonds is 5. The van der Waals surface area contributed by atoms with E-state index in [-0.39, 0.29) is 11.6 Å². The number of hydrogen-bond acceptors (Lipinski definition) is 6. The van der Waals surface area contributed by atoms with Gasteiger partial charge in [-0.15, -0.1) is 5.10 Å². The van der Waals surface area contributed by atoms with Crippen molar-refractivity contribution in [3.63, 3.8) is 0 Å². The molecule has 1 atom stereocenters. The van der Waals surface area contributed by atoms with Crippen LogP contribution < -0.4 is 21.2 Å². The molecule has 1 saturated heterocycles. The molecule has 1 amide bonds. The number of nitrogens with zero attached hydrogens (tertiary/aromatic N) is 5. The molecule has 2 aromatic heterocycles. The summed E-state index contributed by atoms with van der Waals surface area (Å²) in [5.74, 6) is -0.361. The highest BCUT2D eigenvalue weighted by molar-refractivity contribution is 6.30. The number of benzene rings is 1. The van der Waals surface area contributed by atoms with E-state index < -0.39 is 23.5 Å². The molecule has 2 N–H and O–H groups in total. The summed E-state index contributed by atoms with van der Waals surface area (Å²) in [6, 6.07) is 3.89. The van der Waals surface area contributed by atoms with E-state index in [9.17, 15) is 14.0 Å². The molecule has 0 radical (unpaired) electrons. The number of nitrogens with one attached hydrogen (secondary N) is 2. The highest BCUT2D eigenvalue weighted by Gasteiger charge is 2.20. The molecular weight excluding hydrogens is 413 g/mol. The maximum absolute atomic E-state index is 13.7. The molecule has 3 heterocycles. The Morgan fingerprint density at radius 2 is 2.13 bits per heavy atom. The minimum atomic E-state index is -0.556. The van der Waals surface area contributed by atoms with E-state index in [0.29, 0.717) is 17.0 Å². The molecule has 1 aliphatic heterocycles. The zero-order valence-corrected chi connectivity index (χ0v) is 17.1. The van der Waals surface area contributed by atoms with Gasteiger partial charge in [-0.05, 0) is 24.6 Å². The number of anilines is 1. The zero-order valence-electron chi connectivity index (χ0n) is 16.3. The third-order valence-corrected chi connectivity index (χ3v) is 5.32. The Morgan fingerprint density at radius 1 is 1.37 bits per heavy atom. The lowest BCUT2D eigenvalue weighted by Gasteiger charge is -2.28. The van der Waals surface area contributed by atoms with E-state index in [0.717, 1.165) is 30.9 Å². The second kappa shape index (κ2) is 8.41. The first-order valence-electron chi connectivity index (χ1n) is 9.58. The third-order valence-electron chi connectivity index (χ3n) is 5.01. The van der Waals surface area contributed by atoms with E-state index in [1.807, 2.05) is 0 Å². The third kappa shape index (κ3) is 4.01. The van der Waals surface area contributed by atoms with Crippen molar-refractivity contribution < 1.29 is 9.18 Å². The fraction of sp³-hybridized carbons (Fsp3) is 0.368. The standard InChI is InChI=1S/C19H21ClFN7O2/c1-12(13-2-3-14(20)15(21)10-13)24-16(29)11-28-19(30)27-9-6-23-17(18(27)25-28)26-7-4-22-5-8-26/h2-3,6,9-10,12,22H,4-5,7-8,11H2,1H3,(H,24,29)/t12-/m0/s1. The van der Waals surface area contributed by atoms with Gasteiger partial charge >= 0.3 is 5.69 Å². The molecule has 0 unspecified atom stereocenters. The van der Waals surface area contributed by atoms with Gasteiger partial charge < -0.3 is 15.5 Å². The van der Waals surface area contributed by atoms with Crippen LogP contribution in [0.1, 0.15) is 18.5 Å². The molecule has 4 rings (SSSR count). The number of fused-ring (bicyclic) bond motifs is 1. The first-order valence-corrected chi connectivity index (χ1v) is 9.96. The van der Waals surface area contributed by atoms with Gasteiger partial charge in [0.05, 0.1) is 11.1 Å². The van der Waals surface area contributed by atoms with Crippen molar-refractivity contribution in [3.05, 3.63) is 57.5 Å². The Kier molecular flexibility index (Phi) is 5.69. The van der Waals surface area contributed by atoms with Crippen molar-refractivity contribution >= 4 is 29.0 Å². The van der Waals surface area contributed by atoms with Crippen LogP contribution in [0, 0.1) is 5.82 Å². The lowest BCUT2D eigenvalue weighted by atomic mass is 10.1. The van der Waals surface area contributed by atoms with Crippen molar-refractivity contribution in [1.82, 2.24) is 29.8 Å². The van der Waals surface area contributed by atoms with Crippen molar-refractivity contribution in [2.45, 2.75) is 19.5 Å². The molecular formula is C19H21ClFN7O2. The number of hydrogen-bond donors (Lipinski definition) is 2. The van der Waals surface area contributed by atoms with E-state index in [1.54, 1.807) is 19.2 Å². The van der Waals surface area contributed by atoms with E-state index in [1.165, 1.54) is 22.7 Å². The molecule has 11 heteroatoms. The molecule has 3 aromatic rings. The Hall–Kier alpha value is -2.98. The van der Waals surface area contributed by atoms with Gasteiger partial charge in [0.15, 0.2) is 5.82 Å². The van der Waals surface area contributed by atoms with Crippen LogP contribution in [-0.4, -0.2) is 51.3 Å². The molecule has 0 bridgehead atoms. The summed E-state index contributed by atoms with van der Waals surface area (Å²) >= 11 is 5.70. The summed E-state index contributed by atoms with van der Waals surface area (Å²) in [6.45, 7) is 4.60. The molecule has 0 aliphatic carbocycles. The fourth-order valence-corrected chi connectivity index (χ4v) is 3.54. The molecule has 1 aliphatic rings. The van der Waals surface area contributed by atoms with Gasteiger partial charge in [0.25, 0.3) is 0 Å². The number of halogens is 2. The van der Waals surface area contributed by atoms with Crippen LogP contribution in [-0.2, 0) is 11.3 Å². The van der Waals surface area contributed by atoms with Gasteiger partial charge in [0.2, 0.25) is 11.6 Å². The van der Waals surface area contributed by atoms with Crippen LogP contribution >= 0.6 is 11.6 Å². The lowest BCUT2D eigenvalue weighted by molar-refractivity contribution is -0.122. The molecule has 9 nitrogen and oxygen atoms in total. The number of carbonyl (C=O) groups is 1. The van der Waals surface area contributed by atoms with Crippen LogP contribution in [0.4, 0.5) is 10.2 Å². The van der Waals surface area contributed by atoms with Crippen molar-refractivity contribution in [3.8, 4) is 0 Å². The van der Waals surface area contributed by atoms with Crippen molar-refractivity contribution in [1.29, 1.82) is 0 Å². The summed E-state index contributed by atoms with van der Waals surface area (Å²) in [4.78, 5) is 31.6. The maximum atomic E-state index is 13.7. The number of piperazine rings is 1. The Labute approximate surface area is 176 Å². The van der Waals surface area contributed by atoms with Crippen LogP contribution in [0.5, 0.6) is 0 Å². The van der Waals surface area contributed by atoms with Crippen LogP contribution in [0.25, 0.3) is 5.65 Å². The van der Waals surface area contributed by atoms with Gasteiger partial charge in [-0.3, -0.25) is 4.79 Å². The summed E-state index contributed by atoms with van der Waals surface area (Å²) in [5.41, 5.74) is 0.548.